The van der Waals surface area contributed by atoms with Crippen LogP contribution in [0, 0.1) is 0 Å². The molecule has 0 radical (unpaired) electrons. The number of aryl methyl sites for hydroxylation is 1. The van der Waals surface area contributed by atoms with Crippen LogP contribution in [0.2, 0.25) is 0 Å². The van der Waals surface area contributed by atoms with E-state index in [2.05, 4.69) is 32.9 Å². The first-order chi connectivity index (χ1) is 15.3. The van der Waals surface area contributed by atoms with Crippen molar-refractivity contribution in [3.8, 4) is 23.0 Å². The van der Waals surface area contributed by atoms with Crippen molar-refractivity contribution < 1.29 is 24.5 Å². The summed E-state index contributed by atoms with van der Waals surface area (Å²) >= 11 is 0. The zero-order valence-electron chi connectivity index (χ0n) is 19.7. The molecule has 0 aliphatic rings. The van der Waals surface area contributed by atoms with E-state index < -0.39 is 0 Å². The molecular formula is C27H34O5. The van der Waals surface area contributed by atoms with E-state index in [4.69, 9.17) is 9.47 Å². The van der Waals surface area contributed by atoms with Crippen molar-refractivity contribution in [2.45, 2.75) is 52.9 Å². The first-order valence-corrected chi connectivity index (χ1v) is 10.8. The second-order valence-electron chi connectivity index (χ2n) is 8.14. The van der Waals surface area contributed by atoms with E-state index in [1.54, 1.807) is 14.2 Å². The Morgan fingerprint density at radius 1 is 0.969 bits per heavy atom. The topological polar surface area (TPSA) is 76.0 Å². The number of hydrogen-bond donors (Lipinski definition) is 2. The number of phenolic OH excluding ortho intramolecular Hbond substituents is 2. The van der Waals surface area contributed by atoms with Gasteiger partial charge in [0.2, 0.25) is 0 Å². The molecule has 5 nitrogen and oxygen atoms in total. The molecule has 2 aromatic carbocycles. The van der Waals surface area contributed by atoms with Gasteiger partial charge >= 0.3 is 0 Å². The molecule has 5 heteroatoms. The molecule has 0 heterocycles. The smallest absolute Gasteiger partial charge is 0.166 e. The molecule has 0 atom stereocenters. The highest BCUT2D eigenvalue weighted by Gasteiger charge is 2.17. The van der Waals surface area contributed by atoms with Gasteiger partial charge in [0.25, 0.3) is 0 Å². The Hall–Kier alpha value is -3.21. The molecule has 0 bridgehead atoms. The molecule has 0 saturated heterocycles. The number of carbonyl (C=O) groups is 1. The number of Topliss-reactive ketones (excluding diaryl/α,β-unsaturated/α-hetero) is 1. The number of hydrogen-bond acceptors (Lipinski definition) is 5. The average molecular weight is 439 g/mol. The summed E-state index contributed by atoms with van der Waals surface area (Å²) in [5.41, 5.74) is 4.82. The number of ether oxygens (including phenoxy) is 2. The van der Waals surface area contributed by atoms with Gasteiger partial charge in [0.1, 0.15) is 11.5 Å². The molecule has 2 rings (SSSR count). The van der Waals surface area contributed by atoms with E-state index in [-0.39, 0.29) is 29.3 Å². The van der Waals surface area contributed by atoms with Crippen molar-refractivity contribution in [3.63, 3.8) is 0 Å². The predicted molar refractivity (Wildman–Crippen MR) is 128 cm³/mol. The second kappa shape index (κ2) is 12.0. The van der Waals surface area contributed by atoms with Crippen LogP contribution in [0.25, 0.3) is 0 Å². The van der Waals surface area contributed by atoms with Gasteiger partial charge in [-0.1, -0.05) is 29.4 Å². The Kier molecular flexibility index (Phi) is 9.39. The number of benzene rings is 2. The molecular weight excluding hydrogens is 404 g/mol. The van der Waals surface area contributed by atoms with Crippen LogP contribution in [0.3, 0.4) is 0 Å². The fourth-order valence-corrected chi connectivity index (χ4v) is 3.60. The molecule has 0 saturated carbocycles. The lowest BCUT2D eigenvalue weighted by Gasteiger charge is -2.16. The van der Waals surface area contributed by atoms with Crippen molar-refractivity contribution >= 4 is 5.78 Å². The quantitative estimate of drug-likeness (QED) is 0.324. The maximum absolute atomic E-state index is 12.7. The van der Waals surface area contributed by atoms with Gasteiger partial charge in [-0.25, -0.2) is 0 Å². The molecule has 0 amide bonds. The first-order valence-electron chi connectivity index (χ1n) is 10.8. The molecule has 0 unspecified atom stereocenters. The lowest BCUT2D eigenvalue weighted by Crippen LogP contribution is -2.05. The van der Waals surface area contributed by atoms with Crippen LogP contribution in [-0.4, -0.2) is 30.2 Å². The van der Waals surface area contributed by atoms with Gasteiger partial charge in [0, 0.05) is 18.1 Å². The second-order valence-corrected chi connectivity index (χ2v) is 8.14. The van der Waals surface area contributed by atoms with Crippen LogP contribution in [0.1, 0.15) is 61.5 Å². The summed E-state index contributed by atoms with van der Waals surface area (Å²) in [4.78, 5) is 12.7. The summed E-state index contributed by atoms with van der Waals surface area (Å²) < 4.78 is 11.1. The fraction of sp³-hybridized carbons (Fsp3) is 0.370. The SMILES string of the molecule is COc1ccc(CCC(=O)c2ccc(O)cc2O)c(C/C=C(\C)CCC=C(C)C)c1OC. The summed E-state index contributed by atoms with van der Waals surface area (Å²) in [6.45, 7) is 6.33. The number of carbonyl (C=O) groups excluding carboxylic acids is 1. The van der Waals surface area contributed by atoms with Crippen molar-refractivity contribution in [1.29, 1.82) is 0 Å². The van der Waals surface area contributed by atoms with Crippen LogP contribution in [-0.2, 0) is 12.8 Å². The molecule has 2 aromatic rings. The maximum Gasteiger partial charge on any atom is 0.166 e. The van der Waals surface area contributed by atoms with Crippen LogP contribution < -0.4 is 9.47 Å². The molecule has 172 valence electrons. The van der Waals surface area contributed by atoms with E-state index in [0.29, 0.717) is 24.3 Å². The van der Waals surface area contributed by atoms with Gasteiger partial charge < -0.3 is 19.7 Å². The number of phenols is 2. The van der Waals surface area contributed by atoms with Crippen molar-refractivity contribution in [2.24, 2.45) is 0 Å². The summed E-state index contributed by atoms with van der Waals surface area (Å²) in [7, 11) is 3.23. The number of methoxy groups -OCH3 is 2. The average Bonchev–Trinajstić information content (AvgIpc) is 2.75. The Labute approximate surface area is 191 Å². The van der Waals surface area contributed by atoms with Crippen LogP contribution in [0.15, 0.2) is 53.6 Å². The zero-order valence-corrected chi connectivity index (χ0v) is 19.7. The predicted octanol–water partition coefficient (Wildman–Crippen LogP) is 6.17. The Bertz CT molecular complexity index is 997. The molecule has 0 aliphatic heterocycles. The minimum Gasteiger partial charge on any atom is -0.508 e. The van der Waals surface area contributed by atoms with Crippen LogP contribution >= 0.6 is 0 Å². The highest BCUT2D eigenvalue weighted by Crippen LogP contribution is 2.35. The highest BCUT2D eigenvalue weighted by atomic mass is 16.5. The third-order valence-corrected chi connectivity index (χ3v) is 5.39. The number of ketones is 1. The third kappa shape index (κ3) is 6.91. The highest BCUT2D eigenvalue weighted by molar-refractivity contribution is 5.98. The summed E-state index contributed by atoms with van der Waals surface area (Å²) in [6, 6.07) is 7.84. The van der Waals surface area contributed by atoms with E-state index in [0.717, 1.165) is 24.0 Å². The Balaban J connectivity index is 2.24. The fourth-order valence-electron chi connectivity index (χ4n) is 3.60. The molecule has 0 aromatic heterocycles. The van der Waals surface area contributed by atoms with Gasteiger partial charge in [-0.3, -0.25) is 4.79 Å². The normalized spacial score (nSPS) is 11.2. The molecule has 0 spiro atoms. The van der Waals surface area contributed by atoms with E-state index in [1.807, 2.05) is 12.1 Å². The lowest BCUT2D eigenvalue weighted by molar-refractivity contribution is 0.0980. The van der Waals surface area contributed by atoms with E-state index in [1.165, 1.54) is 29.3 Å². The summed E-state index contributed by atoms with van der Waals surface area (Å²) in [6.07, 6.45) is 7.84. The first kappa shape index (κ1) is 25.1. The van der Waals surface area contributed by atoms with Crippen LogP contribution in [0.5, 0.6) is 23.0 Å². The van der Waals surface area contributed by atoms with Gasteiger partial charge in [-0.2, -0.15) is 0 Å². The standard InChI is InChI=1S/C27H34O5/c1-18(2)7-6-8-19(3)9-13-22-20(11-16-26(31-4)27(22)32-5)10-15-24(29)23-14-12-21(28)17-25(23)30/h7,9,11-12,14,16-17,28,30H,6,8,10,13,15H2,1-5H3/b19-9+. The zero-order chi connectivity index (χ0) is 23.7. The maximum atomic E-state index is 12.7. The van der Waals surface area contributed by atoms with Gasteiger partial charge in [-0.05, 0) is 70.2 Å². The van der Waals surface area contributed by atoms with Gasteiger partial charge in [-0.15, -0.1) is 0 Å². The number of rotatable bonds is 11. The summed E-state index contributed by atoms with van der Waals surface area (Å²) in [5.74, 6) is 0.865. The molecule has 0 aliphatic carbocycles. The van der Waals surface area contributed by atoms with Crippen molar-refractivity contribution in [2.75, 3.05) is 14.2 Å². The van der Waals surface area contributed by atoms with Crippen molar-refractivity contribution in [3.05, 3.63) is 70.3 Å². The molecule has 32 heavy (non-hydrogen) atoms. The monoisotopic (exact) mass is 438 g/mol. The minimum atomic E-state index is -0.211. The van der Waals surface area contributed by atoms with Crippen LogP contribution in [0.4, 0.5) is 0 Å². The van der Waals surface area contributed by atoms with Gasteiger partial charge in [0.05, 0.1) is 19.8 Å². The lowest BCUT2D eigenvalue weighted by atomic mass is 9.95. The van der Waals surface area contributed by atoms with Crippen molar-refractivity contribution in [1.82, 2.24) is 0 Å². The number of allylic oxidation sites excluding steroid dienone is 4. The Morgan fingerprint density at radius 2 is 1.72 bits per heavy atom. The third-order valence-electron chi connectivity index (χ3n) is 5.39. The largest absolute Gasteiger partial charge is 0.508 e. The van der Waals surface area contributed by atoms with E-state index >= 15 is 0 Å². The van der Waals surface area contributed by atoms with Gasteiger partial charge in [0.15, 0.2) is 17.3 Å². The minimum absolute atomic E-state index is 0.0760. The Morgan fingerprint density at radius 3 is 2.34 bits per heavy atom. The molecule has 2 N–H and O–H groups in total. The summed E-state index contributed by atoms with van der Waals surface area (Å²) in [5, 5.41) is 19.4. The number of aromatic hydroxyl groups is 2. The van der Waals surface area contributed by atoms with E-state index in [9.17, 15) is 15.0 Å². The molecule has 0 fully saturated rings.